The summed E-state index contributed by atoms with van der Waals surface area (Å²) in [5.74, 6) is -0.0468. The summed E-state index contributed by atoms with van der Waals surface area (Å²) in [6.45, 7) is 4.15. The monoisotopic (exact) mass is 270 g/mol. The maximum Gasteiger partial charge on any atom is 0.268 e. The van der Waals surface area contributed by atoms with Crippen LogP contribution < -0.4 is 11.1 Å². The summed E-state index contributed by atoms with van der Waals surface area (Å²) in [4.78, 5) is 19.1. The van der Waals surface area contributed by atoms with E-state index in [0.717, 1.165) is 12.0 Å². The highest BCUT2D eigenvalue weighted by atomic mass is 16.1. The number of nitrogens with zero attached hydrogens (tertiary/aromatic N) is 2. The van der Waals surface area contributed by atoms with E-state index in [1.165, 1.54) is 11.8 Å². The van der Waals surface area contributed by atoms with Crippen molar-refractivity contribution in [3.63, 3.8) is 0 Å². The highest BCUT2D eigenvalue weighted by Gasteiger charge is 2.08. The van der Waals surface area contributed by atoms with Crippen molar-refractivity contribution in [2.75, 3.05) is 5.32 Å². The van der Waals surface area contributed by atoms with Crippen LogP contribution in [-0.2, 0) is 6.42 Å². The second-order valence-electron chi connectivity index (χ2n) is 4.61. The number of carbonyl (C=O) groups is 1. The molecule has 1 heterocycles. The van der Waals surface area contributed by atoms with Crippen molar-refractivity contribution in [3.8, 4) is 0 Å². The van der Waals surface area contributed by atoms with E-state index >= 15 is 0 Å². The zero-order valence-corrected chi connectivity index (χ0v) is 11.6. The van der Waals surface area contributed by atoms with Gasteiger partial charge in [-0.05, 0) is 24.5 Å². The van der Waals surface area contributed by atoms with E-state index in [2.05, 4.69) is 46.5 Å². The number of nitrogens with one attached hydrogen (secondary N) is 1. The molecule has 1 atom stereocenters. The van der Waals surface area contributed by atoms with Crippen molar-refractivity contribution < 1.29 is 4.79 Å². The molecule has 2 rings (SSSR count). The Morgan fingerprint density at radius 1 is 1.30 bits per heavy atom. The number of rotatable bonds is 5. The van der Waals surface area contributed by atoms with E-state index in [9.17, 15) is 4.79 Å². The summed E-state index contributed by atoms with van der Waals surface area (Å²) in [5.41, 5.74) is 7.79. The minimum Gasteiger partial charge on any atom is -0.364 e. The molecule has 1 amide bonds. The van der Waals surface area contributed by atoms with Crippen LogP contribution in [0.1, 0.15) is 41.5 Å². The zero-order chi connectivity index (χ0) is 14.5. The van der Waals surface area contributed by atoms with Crippen LogP contribution in [0, 0.1) is 0 Å². The molecule has 0 bridgehead atoms. The first-order valence-electron chi connectivity index (χ1n) is 6.57. The molecule has 3 N–H and O–H groups in total. The fourth-order valence-corrected chi connectivity index (χ4v) is 1.90. The SMILES string of the molecule is CCc1ccc(C(C)Nc2cncc(C(N)=O)n2)cc1. The number of amides is 1. The second kappa shape index (κ2) is 6.14. The minimum atomic E-state index is -0.582. The molecule has 1 aromatic carbocycles. The first-order chi connectivity index (χ1) is 9.60. The molecule has 0 radical (unpaired) electrons. The zero-order valence-electron chi connectivity index (χ0n) is 11.6. The van der Waals surface area contributed by atoms with Crippen molar-refractivity contribution in [2.24, 2.45) is 5.73 Å². The van der Waals surface area contributed by atoms with Gasteiger partial charge in [0.2, 0.25) is 0 Å². The van der Waals surface area contributed by atoms with Gasteiger partial charge in [0.15, 0.2) is 0 Å². The Bertz CT molecular complexity index is 595. The standard InChI is InChI=1S/C15H18N4O/c1-3-11-4-6-12(7-5-11)10(2)18-14-9-17-8-13(19-14)15(16)20/h4-10H,3H2,1-2H3,(H2,16,20)(H,18,19). The lowest BCUT2D eigenvalue weighted by atomic mass is 10.1. The van der Waals surface area contributed by atoms with Gasteiger partial charge in [0.1, 0.15) is 11.5 Å². The Hall–Kier alpha value is -2.43. The number of hydrogen-bond acceptors (Lipinski definition) is 4. The molecule has 5 nitrogen and oxygen atoms in total. The second-order valence-corrected chi connectivity index (χ2v) is 4.61. The van der Waals surface area contributed by atoms with Crippen LogP contribution in [0.15, 0.2) is 36.7 Å². The Kier molecular flexibility index (Phi) is 4.30. The molecular weight excluding hydrogens is 252 g/mol. The third-order valence-electron chi connectivity index (χ3n) is 3.14. The van der Waals surface area contributed by atoms with Gasteiger partial charge in [0.05, 0.1) is 12.4 Å². The molecule has 1 aromatic heterocycles. The maximum atomic E-state index is 11.1. The molecule has 20 heavy (non-hydrogen) atoms. The average Bonchev–Trinajstić information content (AvgIpc) is 2.47. The average molecular weight is 270 g/mol. The number of aromatic nitrogens is 2. The molecule has 0 saturated carbocycles. The van der Waals surface area contributed by atoms with Crippen LogP contribution in [-0.4, -0.2) is 15.9 Å². The Morgan fingerprint density at radius 2 is 2.00 bits per heavy atom. The Balaban J connectivity index is 2.12. The predicted octanol–water partition coefficient (Wildman–Crippen LogP) is 2.31. The number of nitrogens with two attached hydrogens (primary N) is 1. The molecule has 0 aliphatic heterocycles. The summed E-state index contributed by atoms with van der Waals surface area (Å²) in [5, 5.41) is 3.21. The van der Waals surface area contributed by atoms with Gasteiger partial charge in [-0.2, -0.15) is 0 Å². The Labute approximate surface area is 118 Å². The van der Waals surface area contributed by atoms with Gasteiger partial charge in [-0.25, -0.2) is 4.98 Å². The number of carbonyl (C=O) groups excluding carboxylic acids is 1. The van der Waals surface area contributed by atoms with Crippen molar-refractivity contribution in [1.29, 1.82) is 0 Å². The number of primary amides is 1. The van der Waals surface area contributed by atoms with Crippen LogP contribution >= 0.6 is 0 Å². The first-order valence-corrected chi connectivity index (χ1v) is 6.57. The topological polar surface area (TPSA) is 80.9 Å². The van der Waals surface area contributed by atoms with Crippen molar-refractivity contribution in [2.45, 2.75) is 26.3 Å². The normalized spacial score (nSPS) is 11.9. The summed E-state index contributed by atoms with van der Waals surface area (Å²) in [6, 6.07) is 8.46. The van der Waals surface area contributed by atoms with Gasteiger partial charge in [-0.1, -0.05) is 31.2 Å². The molecule has 5 heteroatoms. The summed E-state index contributed by atoms with van der Waals surface area (Å²) >= 11 is 0. The van der Waals surface area contributed by atoms with E-state index in [4.69, 9.17) is 5.73 Å². The van der Waals surface area contributed by atoms with Crippen LogP contribution in [0.5, 0.6) is 0 Å². The van der Waals surface area contributed by atoms with Gasteiger partial charge < -0.3 is 11.1 Å². The molecule has 0 aliphatic carbocycles. The molecule has 0 spiro atoms. The fraction of sp³-hybridized carbons (Fsp3) is 0.267. The van der Waals surface area contributed by atoms with E-state index in [-0.39, 0.29) is 11.7 Å². The first kappa shape index (κ1) is 14.0. The molecule has 104 valence electrons. The van der Waals surface area contributed by atoms with Gasteiger partial charge in [0.25, 0.3) is 5.91 Å². The third kappa shape index (κ3) is 3.32. The number of hydrogen-bond donors (Lipinski definition) is 2. The smallest absolute Gasteiger partial charge is 0.268 e. The van der Waals surface area contributed by atoms with Crippen molar-refractivity contribution in [1.82, 2.24) is 9.97 Å². The molecule has 0 saturated heterocycles. The number of aryl methyl sites for hydroxylation is 1. The number of anilines is 1. The van der Waals surface area contributed by atoms with Crippen molar-refractivity contribution in [3.05, 3.63) is 53.5 Å². The van der Waals surface area contributed by atoms with Gasteiger partial charge in [0, 0.05) is 6.04 Å². The maximum absolute atomic E-state index is 11.1. The van der Waals surface area contributed by atoms with Crippen molar-refractivity contribution >= 4 is 11.7 Å². The Morgan fingerprint density at radius 3 is 2.60 bits per heavy atom. The van der Waals surface area contributed by atoms with Crippen LogP contribution in [0.2, 0.25) is 0 Å². The van der Waals surface area contributed by atoms with E-state index < -0.39 is 5.91 Å². The van der Waals surface area contributed by atoms with Gasteiger partial charge >= 0.3 is 0 Å². The predicted molar refractivity (Wildman–Crippen MR) is 78.4 cm³/mol. The largest absolute Gasteiger partial charge is 0.364 e. The molecule has 1 unspecified atom stereocenters. The van der Waals surface area contributed by atoms with Gasteiger partial charge in [-0.15, -0.1) is 0 Å². The quantitative estimate of drug-likeness (QED) is 0.873. The lowest BCUT2D eigenvalue weighted by Crippen LogP contribution is -2.15. The summed E-state index contributed by atoms with van der Waals surface area (Å²) in [6.07, 6.45) is 3.95. The molecule has 0 aliphatic rings. The highest BCUT2D eigenvalue weighted by Crippen LogP contribution is 2.18. The third-order valence-corrected chi connectivity index (χ3v) is 3.14. The highest BCUT2D eigenvalue weighted by molar-refractivity contribution is 5.90. The van der Waals surface area contributed by atoms with E-state index in [1.807, 2.05) is 6.92 Å². The molecular formula is C15H18N4O. The van der Waals surface area contributed by atoms with E-state index in [1.54, 1.807) is 6.20 Å². The molecule has 0 fully saturated rings. The van der Waals surface area contributed by atoms with Crippen LogP contribution in [0.25, 0.3) is 0 Å². The van der Waals surface area contributed by atoms with Crippen LogP contribution in [0.4, 0.5) is 5.82 Å². The lowest BCUT2D eigenvalue weighted by Gasteiger charge is -2.15. The summed E-state index contributed by atoms with van der Waals surface area (Å²) < 4.78 is 0. The molecule has 2 aromatic rings. The van der Waals surface area contributed by atoms with Gasteiger partial charge in [-0.3, -0.25) is 9.78 Å². The van der Waals surface area contributed by atoms with Crippen LogP contribution in [0.3, 0.4) is 0 Å². The number of benzene rings is 1. The lowest BCUT2D eigenvalue weighted by molar-refractivity contribution is 0.0995. The minimum absolute atomic E-state index is 0.0679. The fourth-order valence-electron chi connectivity index (χ4n) is 1.90. The summed E-state index contributed by atoms with van der Waals surface area (Å²) in [7, 11) is 0. The van der Waals surface area contributed by atoms with E-state index in [0.29, 0.717) is 5.82 Å².